The van der Waals surface area contributed by atoms with Gasteiger partial charge in [-0.25, -0.2) is 0 Å². The second-order valence-electron chi connectivity index (χ2n) is 7.87. The highest BCUT2D eigenvalue weighted by atomic mass is 16.5. The predicted octanol–water partition coefficient (Wildman–Crippen LogP) is 2.06. The SMILES string of the molecule is CCN(C)C(=O)[C@@H]1[C@@H]2C=C[C@@]3(CN(Cc4ccc(C)c(C)c4)C(=O)[C@@H]13)O2. The molecule has 0 unspecified atom stereocenters. The number of benzene rings is 1. The van der Waals surface area contributed by atoms with Gasteiger partial charge in [-0.05, 0) is 37.5 Å². The Morgan fingerprint density at radius 1 is 1.35 bits per heavy atom. The number of hydrogen-bond donors (Lipinski definition) is 0. The maximum absolute atomic E-state index is 13.2. The molecule has 2 bridgehead atoms. The summed E-state index contributed by atoms with van der Waals surface area (Å²) in [7, 11) is 1.79. The first-order chi connectivity index (χ1) is 12.4. The van der Waals surface area contributed by atoms with Gasteiger partial charge in [-0.1, -0.05) is 30.4 Å². The van der Waals surface area contributed by atoms with Crippen LogP contribution in [0.15, 0.2) is 30.4 Å². The zero-order valence-corrected chi connectivity index (χ0v) is 15.9. The molecule has 4 atom stereocenters. The quantitative estimate of drug-likeness (QED) is 0.778. The van der Waals surface area contributed by atoms with E-state index in [0.29, 0.717) is 19.6 Å². The number of aryl methyl sites for hydroxylation is 2. The van der Waals surface area contributed by atoms with Gasteiger partial charge in [-0.3, -0.25) is 9.59 Å². The maximum Gasteiger partial charge on any atom is 0.230 e. The summed E-state index contributed by atoms with van der Waals surface area (Å²) in [6, 6.07) is 6.30. The van der Waals surface area contributed by atoms with Crippen molar-refractivity contribution in [1.82, 2.24) is 9.80 Å². The van der Waals surface area contributed by atoms with Crippen molar-refractivity contribution in [2.45, 2.75) is 39.0 Å². The number of hydrogen-bond acceptors (Lipinski definition) is 3. The Morgan fingerprint density at radius 3 is 2.81 bits per heavy atom. The van der Waals surface area contributed by atoms with Gasteiger partial charge >= 0.3 is 0 Å². The van der Waals surface area contributed by atoms with E-state index in [9.17, 15) is 9.59 Å². The van der Waals surface area contributed by atoms with Crippen molar-refractivity contribution >= 4 is 11.8 Å². The molecule has 2 fully saturated rings. The van der Waals surface area contributed by atoms with Crippen LogP contribution in [0.5, 0.6) is 0 Å². The second-order valence-corrected chi connectivity index (χ2v) is 7.87. The summed E-state index contributed by atoms with van der Waals surface area (Å²) in [5.41, 5.74) is 2.96. The first-order valence-corrected chi connectivity index (χ1v) is 9.33. The maximum atomic E-state index is 13.2. The molecule has 0 radical (unpaired) electrons. The van der Waals surface area contributed by atoms with Crippen LogP contribution in [0.1, 0.15) is 23.6 Å². The summed E-state index contributed by atoms with van der Waals surface area (Å²) < 4.78 is 6.17. The van der Waals surface area contributed by atoms with E-state index in [1.807, 2.05) is 24.0 Å². The average Bonchev–Trinajstić information content (AvgIpc) is 3.25. The van der Waals surface area contributed by atoms with Crippen molar-refractivity contribution in [2.24, 2.45) is 11.8 Å². The van der Waals surface area contributed by atoms with Gasteiger partial charge in [0.05, 0.1) is 24.5 Å². The molecule has 0 aliphatic carbocycles. The number of carbonyl (C=O) groups is 2. The van der Waals surface area contributed by atoms with E-state index in [-0.39, 0.29) is 17.9 Å². The largest absolute Gasteiger partial charge is 0.360 e. The Balaban J connectivity index is 1.59. The molecule has 2 amide bonds. The van der Waals surface area contributed by atoms with E-state index in [4.69, 9.17) is 4.74 Å². The zero-order chi connectivity index (χ0) is 18.6. The van der Waals surface area contributed by atoms with Crippen molar-refractivity contribution in [2.75, 3.05) is 20.1 Å². The first kappa shape index (κ1) is 17.3. The summed E-state index contributed by atoms with van der Waals surface area (Å²) in [4.78, 5) is 29.6. The monoisotopic (exact) mass is 354 g/mol. The molecule has 0 saturated carbocycles. The van der Waals surface area contributed by atoms with E-state index in [1.54, 1.807) is 11.9 Å². The second kappa shape index (κ2) is 5.95. The normalized spacial score (nSPS) is 31.6. The third-order valence-electron chi connectivity index (χ3n) is 6.26. The lowest BCUT2D eigenvalue weighted by atomic mass is 9.76. The van der Waals surface area contributed by atoms with Gasteiger partial charge in [0.15, 0.2) is 0 Å². The lowest BCUT2D eigenvalue weighted by molar-refractivity contribution is -0.142. The molecule has 3 aliphatic heterocycles. The molecule has 5 heteroatoms. The Bertz CT molecular complexity index is 802. The van der Waals surface area contributed by atoms with E-state index in [2.05, 4.69) is 32.0 Å². The summed E-state index contributed by atoms with van der Waals surface area (Å²) in [6.07, 6.45) is 3.71. The molecule has 4 rings (SSSR count). The molecule has 138 valence electrons. The van der Waals surface area contributed by atoms with Crippen LogP contribution in [-0.2, 0) is 20.9 Å². The number of amides is 2. The zero-order valence-electron chi connectivity index (χ0n) is 15.9. The molecule has 0 N–H and O–H groups in total. The minimum Gasteiger partial charge on any atom is -0.360 e. The van der Waals surface area contributed by atoms with E-state index < -0.39 is 17.4 Å². The van der Waals surface area contributed by atoms with E-state index in [0.717, 1.165) is 5.56 Å². The molecule has 1 spiro atoms. The fourth-order valence-electron chi connectivity index (χ4n) is 4.53. The lowest BCUT2D eigenvalue weighted by Gasteiger charge is -2.27. The van der Waals surface area contributed by atoms with E-state index in [1.165, 1.54) is 11.1 Å². The fraction of sp³-hybridized carbons (Fsp3) is 0.524. The van der Waals surface area contributed by atoms with Crippen LogP contribution in [0, 0.1) is 25.7 Å². The number of carbonyl (C=O) groups excluding carboxylic acids is 2. The van der Waals surface area contributed by atoms with Gasteiger partial charge < -0.3 is 14.5 Å². The van der Waals surface area contributed by atoms with Crippen molar-refractivity contribution in [3.05, 3.63) is 47.0 Å². The van der Waals surface area contributed by atoms with Gasteiger partial charge in [-0.2, -0.15) is 0 Å². The van der Waals surface area contributed by atoms with Gasteiger partial charge in [0, 0.05) is 20.1 Å². The fourth-order valence-corrected chi connectivity index (χ4v) is 4.53. The number of nitrogens with zero attached hydrogens (tertiary/aromatic N) is 2. The average molecular weight is 354 g/mol. The van der Waals surface area contributed by atoms with Gasteiger partial charge in [0.2, 0.25) is 11.8 Å². The van der Waals surface area contributed by atoms with Crippen LogP contribution in [0.3, 0.4) is 0 Å². The summed E-state index contributed by atoms with van der Waals surface area (Å²) in [5, 5.41) is 0. The van der Waals surface area contributed by atoms with Crippen LogP contribution in [-0.4, -0.2) is 53.5 Å². The lowest BCUT2D eigenvalue weighted by Crippen LogP contribution is -2.44. The standard InChI is InChI=1S/C21H26N2O3/c1-5-22(4)19(24)17-16-8-9-21(26-16)12-23(20(25)18(17)21)11-15-7-6-13(2)14(3)10-15/h6-10,16-18H,5,11-12H2,1-4H3/t16-,17+,18+,21-/m0/s1. The summed E-state index contributed by atoms with van der Waals surface area (Å²) in [5.74, 6) is -0.749. The molecule has 1 aromatic rings. The topological polar surface area (TPSA) is 49.9 Å². The van der Waals surface area contributed by atoms with Gasteiger partial charge in [-0.15, -0.1) is 0 Å². The Hall–Kier alpha value is -2.14. The molecular weight excluding hydrogens is 328 g/mol. The van der Waals surface area contributed by atoms with Crippen LogP contribution >= 0.6 is 0 Å². The summed E-state index contributed by atoms with van der Waals surface area (Å²) in [6.45, 7) is 7.83. The molecule has 5 nitrogen and oxygen atoms in total. The van der Waals surface area contributed by atoms with Crippen LogP contribution in [0.4, 0.5) is 0 Å². The molecule has 2 saturated heterocycles. The third kappa shape index (κ3) is 2.41. The number of likely N-dealkylation sites (tertiary alicyclic amines) is 1. The first-order valence-electron chi connectivity index (χ1n) is 9.33. The molecule has 0 aromatic heterocycles. The number of fused-ring (bicyclic) bond motifs is 1. The molecule has 3 heterocycles. The van der Waals surface area contributed by atoms with Gasteiger partial charge in [0.25, 0.3) is 0 Å². The van der Waals surface area contributed by atoms with Crippen molar-refractivity contribution in [1.29, 1.82) is 0 Å². The minimum atomic E-state index is -0.629. The highest BCUT2D eigenvalue weighted by molar-refractivity contribution is 5.93. The summed E-state index contributed by atoms with van der Waals surface area (Å²) >= 11 is 0. The molecule has 1 aromatic carbocycles. The smallest absolute Gasteiger partial charge is 0.230 e. The van der Waals surface area contributed by atoms with Crippen molar-refractivity contribution < 1.29 is 14.3 Å². The van der Waals surface area contributed by atoms with Crippen molar-refractivity contribution in [3.63, 3.8) is 0 Å². The third-order valence-corrected chi connectivity index (χ3v) is 6.26. The van der Waals surface area contributed by atoms with E-state index >= 15 is 0 Å². The van der Waals surface area contributed by atoms with Gasteiger partial charge in [0.1, 0.15) is 5.60 Å². The van der Waals surface area contributed by atoms with Crippen LogP contribution in [0.2, 0.25) is 0 Å². The minimum absolute atomic E-state index is 0.00936. The predicted molar refractivity (Wildman–Crippen MR) is 98.4 cm³/mol. The number of ether oxygens (including phenoxy) is 1. The Kier molecular flexibility index (Phi) is 3.95. The Labute approximate surface area is 154 Å². The number of rotatable bonds is 4. The van der Waals surface area contributed by atoms with Crippen LogP contribution < -0.4 is 0 Å². The molecule has 26 heavy (non-hydrogen) atoms. The molecule has 3 aliphatic rings. The van der Waals surface area contributed by atoms with Crippen LogP contribution in [0.25, 0.3) is 0 Å². The highest BCUT2D eigenvalue weighted by Gasteiger charge is 2.66. The highest BCUT2D eigenvalue weighted by Crippen LogP contribution is 2.52. The van der Waals surface area contributed by atoms with Crippen molar-refractivity contribution in [3.8, 4) is 0 Å². The molecular formula is C21H26N2O3. The Morgan fingerprint density at radius 2 is 2.12 bits per heavy atom.